The molecule has 0 bridgehead atoms. The first-order chi connectivity index (χ1) is 9.97. The van der Waals surface area contributed by atoms with Crippen molar-refractivity contribution >= 4 is 11.9 Å². The molecule has 2 rings (SSSR count). The Balaban J connectivity index is 1.89. The molecule has 1 aliphatic carbocycles. The third-order valence-electron chi connectivity index (χ3n) is 3.72. The van der Waals surface area contributed by atoms with E-state index in [9.17, 15) is 9.59 Å². The predicted octanol–water partition coefficient (Wildman–Crippen LogP) is 2.15. The summed E-state index contributed by atoms with van der Waals surface area (Å²) >= 11 is 0. The van der Waals surface area contributed by atoms with Crippen molar-refractivity contribution in [2.45, 2.75) is 39.2 Å². The number of nitrogens with zero attached hydrogens (tertiary/aromatic N) is 1. The molecule has 1 fully saturated rings. The molecule has 114 valence electrons. The van der Waals surface area contributed by atoms with Crippen molar-refractivity contribution in [2.24, 2.45) is 0 Å². The van der Waals surface area contributed by atoms with Crippen LogP contribution in [0.3, 0.4) is 0 Å². The molecule has 1 aromatic rings. The van der Waals surface area contributed by atoms with Crippen LogP contribution in [0.4, 0.5) is 0 Å². The Hall–Kier alpha value is -2.04. The highest BCUT2D eigenvalue weighted by molar-refractivity contribution is 5.79. The first-order valence-electron chi connectivity index (χ1n) is 7.18. The van der Waals surface area contributed by atoms with Crippen molar-refractivity contribution in [3.8, 4) is 5.75 Å². The van der Waals surface area contributed by atoms with Crippen molar-refractivity contribution in [1.82, 2.24) is 4.90 Å². The standard InChI is InChI=1S/C16H21NO4/c1-11-3-6-14(9-12(11)2)21-10-15(18)17(13-4-5-13)8-7-16(19)20/h3,6,9,13H,4-5,7-8,10H2,1-2H3,(H,19,20). The average molecular weight is 291 g/mol. The number of benzene rings is 1. The van der Waals surface area contributed by atoms with Crippen LogP contribution in [-0.4, -0.2) is 41.1 Å². The van der Waals surface area contributed by atoms with E-state index in [1.807, 2.05) is 32.0 Å². The van der Waals surface area contributed by atoms with E-state index in [2.05, 4.69) is 0 Å². The van der Waals surface area contributed by atoms with E-state index in [4.69, 9.17) is 9.84 Å². The summed E-state index contributed by atoms with van der Waals surface area (Å²) in [6.07, 6.45) is 1.88. The van der Waals surface area contributed by atoms with Gasteiger partial charge in [-0.05, 0) is 49.9 Å². The maximum Gasteiger partial charge on any atom is 0.305 e. The number of ether oxygens (including phenoxy) is 1. The van der Waals surface area contributed by atoms with Gasteiger partial charge < -0.3 is 14.7 Å². The van der Waals surface area contributed by atoms with Crippen molar-refractivity contribution < 1.29 is 19.4 Å². The van der Waals surface area contributed by atoms with E-state index in [1.54, 1.807) is 4.90 Å². The third-order valence-corrected chi connectivity index (χ3v) is 3.72. The normalized spacial score (nSPS) is 13.8. The van der Waals surface area contributed by atoms with Crippen molar-refractivity contribution in [3.05, 3.63) is 29.3 Å². The molecule has 1 amide bonds. The molecule has 0 saturated heterocycles. The molecule has 5 heteroatoms. The van der Waals surface area contributed by atoms with Gasteiger partial charge in [0.2, 0.25) is 0 Å². The van der Waals surface area contributed by atoms with E-state index in [0.29, 0.717) is 5.75 Å². The second-order valence-corrected chi connectivity index (χ2v) is 5.50. The van der Waals surface area contributed by atoms with E-state index < -0.39 is 5.97 Å². The lowest BCUT2D eigenvalue weighted by atomic mass is 10.1. The average Bonchev–Trinajstić information content (AvgIpc) is 3.24. The highest BCUT2D eigenvalue weighted by Gasteiger charge is 2.32. The zero-order chi connectivity index (χ0) is 15.4. The van der Waals surface area contributed by atoms with Crippen LogP contribution in [0.2, 0.25) is 0 Å². The quantitative estimate of drug-likeness (QED) is 0.836. The first kappa shape index (κ1) is 15.4. The van der Waals surface area contributed by atoms with Crippen molar-refractivity contribution in [3.63, 3.8) is 0 Å². The molecule has 0 spiro atoms. The molecule has 0 heterocycles. The maximum absolute atomic E-state index is 12.2. The molecular weight excluding hydrogens is 270 g/mol. The Kier molecular flexibility index (Phi) is 4.83. The van der Waals surface area contributed by atoms with Crippen LogP contribution in [0.15, 0.2) is 18.2 Å². The summed E-state index contributed by atoms with van der Waals surface area (Å²) in [6, 6.07) is 5.90. The van der Waals surface area contributed by atoms with Crippen LogP contribution >= 0.6 is 0 Å². The lowest BCUT2D eigenvalue weighted by molar-refractivity contribution is -0.139. The van der Waals surface area contributed by atoms with Gasteiger partial charge in [-0.2, -0.15) is 0 Å². The largest absolute Gasteiger partial charge is 0.484 e. The Morgan fingerprint density at radius 1 is 1.29 bits per heavy atom. The summed E-state index contributed by atoms with van der Waals surface area (Å²) in [5, 5.41) is 8.74. The summed E-state index contributed by atoms with van der Waals surface area (Å²) in [5.41, 5.74) is 2.29. The Labute approximate surface area is 124 Å². The highest BCUT2D eigenvalue weighted by atomic mass is 16.5. The lowest BCUT2D eigenvalue weighted by Gasteiger charge is -2.21. The number of carbonyl (C=O) groups excluding carboxylic acids is 1. The van der Waals surface area contributed by atoms with Gasteiger partial charge in [0, 0.05) is 12.6 Å². The minimum absolute atomic E-state index is 0.0219. The van der Waals surface area contributed by atoms with Gasteiger partial charge in [-0.3, -0.25) is 9.59 Å². The van der Waals surface area contributed by atoms with Crippen LogP contribution < -0.4 is 4.74 Å². The first-order valence-corrected chi connectivity index (χ1v) is 7.18. The Morgan fingerprint density at radius 2 is 2.00 bits per heavy atom. The maximum atomic E-state index is 12.2. The van der Waals surface area contributed by atoms with Crippen molar-refractivity contribution in [1.29, 1.82) is 0 Å². The second-order valence-electron chi connectivity index (χ2n) is 5.50. The monoisotopic (exact) mass is 291 g/mol. The Morgan fingerprint density at radius 3 is 2.57 bits per heavy atom. The smallest absolute Gasteiger partial charge is 0.305 e. The Bertz CT molecular complexity index is 537. The number of rotatable bonds is 7. The minimum atomic E-state index is -0.886. The summed E-state index contributed by atoms with van der Waals surface area (Å²) < 4.78 is 5.53. The zero-order valence-electron chi connectivity index (χ0n) is 12.5. The predicted molar refractivity (Wildman–Crippen MR) is 78.4 cm³/mol. The van der Waals surface area contributed by atoms with Crippen LogP contribution in [0, 0.1) is 13.8 Å². The topological polar surface area (TPSA) is 66.8 Å². The number of aliphatic carboxylic acids is 1. The summed E-state index contributed by atoms with van der Waals surface area (Å²) in [6.45, 7) is 4.23. The van der Waals surface area contributed by atoms with E-state index >= 15 is 0 Å². The number of carbonyl (C=O) groups is 2. The molecule has 0 unspecified atom stereocenters. The van der Waals surface area contributed by atoms with Gasteiger partial charge >= 0.3 is 5.97 Å². The van der Waals surface area contributed by atoms with Crippen LogP contribution in [0.1, 0.15) is 30.4 Å². The lowest BCUT2D eigenvalue weighted by Crippen LogP contribution is -2.38. The zero-order valence-corrected chi connectivity index (χ0v) is 12.5. The van der Waals surface area contributed by atoms with Crippen LogP contribution in [-0.2, 0) is 9.59 Å². The van der Waals surface area contributed by atoms with E-state index in [-0.39, 0.29) is 31.5 Å². The summed E-state index contributed by atoms with van der Waals surface area (Å²) in [5.74, 6) is -0.360. The van der Waals surface area contributed by atoms with Gasteiger partial charge in [-0.15, -0.1) is 0 Å². The number of hydrogen-bond donors (Lipinski definition) is 1. The van der Waals surface area contributed by atoms with Gasteiger partial charge in [-0.25, -0.2) is 0 Å². The van der Waals surface area contributed by atoms with Gasteiger partial charge in [0.05, 0.1) is 6.42 Å². The molecule has 1 N–H and O–H groups in total. The van der Waals surface area contributed by atoms with Crippen LogP contribution in [0.25, 0.3) is 0 Å². The highest BCUT2D eigenvalue weighted by Crippen LogP contribution is 2.27. The molecule has 0 radical (unpaired) electrons. The van der Waals surface area contributed by atoms with E-state index in [1.165, 1.54) is 5.56 Å². The third kappa shape index (κ3) is 4.48. The molecule has 5 nitrogen and oxygen atoms in total. The SMILES string of the molecule is Cc1ccc(OCC(=O)N(CCC(=O)O)C2CC2)cc1C. The van der Waals surface area contributed by atoms with Crippen molar-refractivity contribution in [2.75, 3.05) is 13.2 Å². The molecule has 0 atom stereocenters. The number of aryl methyl sites for hydroxylation is 2. The van der Waals surface area contributed by atoms with Gasteiger partial charge in [0.1, 0.15) is 5.75 Å². The van der Waals surface area contributed by atoms with Gasteiger partial charge in [0.25, 0.3) is 5.91 Å². The fourth-order valence-electron chi connectivity index (χ4n) is 2.14. The number of amides is 1. The van der Waals surface area contributed by atoms with Gasteiger partial charge in [0.15, 0.2) is 6.61 Å². The minimum Gasteiger partial charge on any atom is -0.484 e. The molecule has 1 aliphatic rings. The fourth-order valence-corrected chi connectivity index (χ4v) is 2.14. The molecular formula is C16H21NO4. The van der Waals surface area contributed by atoms with E-state index in [0.717, 1.165) is 18.4 Å². The molecule has 1 aromatic carbocycles. The summed E-state index contributed by atoms with van der Waals surface area (Å²) in [4.78, 5) is 24.5. The molecule has 0 aliphatic heterocycles. The van der Waals surface area contributed by atoms with Gasteiger partial charge in [-0.1, -0.05) is 6.07 Å². The molecule has 21 heavy (non-hydrogen) atoms. The molecule has 0 aromatic heterocycles. The number of carboxylic acids is 1. The number of carboxylic acid groups (broad SMARTS) is 1. The molecule has 1 saturated carbocycles. The number of hydrogen-bond acceptors (Lipinski definition) is 3. The summed E-state index contributed by atoms with van der Waals surface area (Å²) in [7, 11) is 0. The second kappa shape index (κ2) is 6.61. The fraction of sp³-hybridized carbons (Fsp3) is 0.500. The van der Waals surface area contributed by atoms with Crippen LogP contribution in [0.5, 0.6) is 5.75 Å².